The Morgan fingerprint density at radius 3 is 2.50 bits per heavy atom. The Labute approximate surface area is 111 Å². The third kappa shape index (κ3) is 3.98. The maximum atomic E-state index is 11.2. The molecule has 2 rings (SSSR count). The van der Waals surface area contributed by atoms with Gasteiger partial charge in [-0.05, 0) is 44.7 Å². The zero-order valence-electron chi connectivity index (χ0n) is 11.4. The Morgan fingerprint density at radius 2 is 1.78 bits per heavy atom. The lowest BCUT2D eigenvalue weighted by molar-refractivity contribution is -0.144. The van der Waals surface area contributed by atoms with Crippen LogP contribution in [0.25, 0.3) is 0 Å². The van der Waals surface area contributed by atoms with Crippen LogP contribution in [-0.2, 0) is 4.79 Å². The van der Waals surface area contributed by atoms with Gasteiger partial charge in [0.15, 0.2) is 0 Å². The van der Waals surface area contributed by atoms with E-state index in [2.05, 4.69) is 4.90 Å². The molecule has 1 N–H and O–H groups in total. The van der Waals surface area contributed by atoms with E-state index in [0.29, 0.717) is 0 Å². The van der Waals surface area contributed by atoms with Crippen LogP contribution in [0.4, 0.5) is 0 Å². The minimum atomic E-state index is -0.618. The topological polar surface area (TPSA) is 40.5 Å². The van der Waals surface area contributed by atoms with E-state index in [1.807, 2.05) is 0 Å². The molecule has 18 heavy (non-hydrogen) atoms. The predicted molar refractivity (Wildman–Crippen MR) is 72.7 cm³/mol. The van der Waals surface area contributed by atoms with Crippen LogP contribution >= 0.6 is 0 Å². The number of aliphatic carboxylic acids is 1. The average Bonchev–Trinajstić information content (AvgIpc) is 2.40. The lowest BCUT2D eigenvalue weighted by Crippen LogP contribution is -2.45. The summed E-state index contributed by atoms with van der Waals surface area (Å²) in [7, 11) is 0. The highest BCUT2D eigenvalue weighted by Gasteiger charge is 2.27. The highest BCUT2D eigenvalue weighted by molar-refractivity contribution is 5.73. The van der Waals surface area contributed by atoms with Gasteiger partial charge in [0.2, 0.25) is 0 Å². The van der Waals surface area contributed by atoms with Crippen molar-refractivity contribution in [3.8, 4) is 0 Å². The highest BCUT2D eigenvalue weighted by atomic mass is 16.4. The van der Waals surface area contributed by atoms with Gasteiger partial charge >= 0.3 is 5.97 Å². The van der Waals surface area contributed by atoms with E-state index in [4.69, 9.17) is 0 Å². The van der Waals surface area contributed by atoms with Gasteiger partial charge in [-0.2, -0.15) is 0 Å². The number of carboxylic acid groups (broad SMARTS) is 1. The second-order valence-electron chi connectivity index (χ2n) is 6.03. The number of piperidine rings is 1. The molecule has 1 aliphatic carbocycles. The van der Waals surface area contributed by atoms with E-state index < -0.39 is 5.97 Å². The summed E-state index contributed by atoms with van der Waals surface area (Å²) in [6, 6.07) is -0.204. The Hall–Kier alpha value is -0.570. The van der Waals surface area contributed by atoms with Gasteiger partial charge < -0.3 is 5.11 Å². The number of likely N-dealkylation sites (tertiary alicyclic amines) is 1. The number of carboxylic acids is 1. The fraction of sp³-hybridized carbons (Fsp3) is 0.933. The van der Waals surface area contributed by atoms with E-state index in [1.165, 1.54) is 51.4 Å². The lowest BCUT2D eigenvalue weighted by Gasteiger charge is -2.33. The normalized spacial score (nSPS) is 27.2. The molecule has 104 valence electrons. The van der Waals surface area contributed by atoms with Gasteiger partial charge in [0, 0.05) is 0 Å². The van der Waals surface area contributed by atoms with Crippen molar-refractivity contribution < 1.29 is 9.90 Å². The van der Waals surface area contributed by atoms with Crippen molar-refractivity contribution in [1.29, 1.82) is 0 Å². The average molecular weight is 253 g/mol. The number of hydrogen-bond acceptors (Lipinski definition) is 2. The quantitative estimate of drug-likeness (QED) is 0.817. The maximum Gasteiger partial charge on any atom is 0.320 e. The van der Waals surface area contributed by atoms with Gasteiger partial charge in [0.1, 0.15) is 6.04 Å². The molecule has 1 saturated carbocycles. The molecule has 0 aromatic carbocycles. The zero-order chi connectivity index (χ0) is 12.8. The van der Waals surface area contributed by atoms with Gasteiger partial charge in [0.25, 0.3) is 0 Å². The Kier molecular flexibility index (Phi) is 5.48. The Balaban J connectivity index is 1.69. The molecule has 0 bridgehead atoms. The van der Waals surface area contributed by atoms with Crippen LogP contribution in [0.1, 0.15) is 64.2 Å². The second kappa shape index (κ2) is 7.13. The van der Waals surface area contributed by atoms with Crippen molar-refractivity contribution >= 4 is 5.97 Å². The summed E-state index contributed by atoms with van der Waals surface area (Å²) >= 11 is 0. The minimum absolute atomic E-state index is 0.204. The van der Waals surface area contributed by atoms with Crippen LogP contribution in [0.15, 0.2) is 0 Å². The van der Waals surface area contributed by atoms with E-state index >= 15 is 0 Å². The molecule has 0 aromatic rings. The predicted octanol–water partition coefficient (Wildman–Crippen LogP) is 3.29. The van der Waals surface area contributed by atoms with Crippen molar-refractivity contribution in [3.05, 3.63) is 0 Å². The fourth-order valence-corrected chi connectivity index (χ4v) is 3.60. The van der Waals surface area contributed by atoms with Crippen LogP contribution in [0, 0.1) is 5.92 Å². The number of hydrogen-bond donors (Lipinski definition) is 1. The summed E-state index contributed by atoms with van der Waals surface area (Å²) in [5.74, 6) is 0.305. The molecule has 1 atom stereocenters. The van der Waals surface area contributed by atoms with Gasteiger partial charge in [-0.15, -0.1) is 0 Å². The highest BCUT2D eigenvalue weighted by Crippen LogP contribution is 2.27. The monoisotopic (exact) mass is 253 g/mol. The van der Waals surface area contributed by atoms with Crippen LogP contribution in [-0.4, -0.2) is 35.1 Å². The summed E-state index contributed by atoms with van der Waals surface area (Å²) in [5, 5.41) is 9.22. The molecule has 0 radical (unpaired) electrons. The summed E-state index contributed by atoms with van der Waals surface area (Å²) in [6.45, 7) is 1.98. The van der Waals surface area contributed by atoms with Gasteiger partial charge in [-0.3, -0.25) is 9.69 Å². The van der Waals surface area contributed by atoms with Crippen LogP contribution in [0.3, 0.4) is 0 Å². The number of rotatable bonds is 5. The standard InChI is InChI=1S/C15H27NO2/c17-15(18)14-10-4-5-11-16(14)12-6-9-13-7-2-1-3-8-13/h13-14H,1-12H2,(H,17,18). The van der Waals surface area contributed by atoms with Gasteiger partial charge in [-0.1, -0.05) is 38.5 Å². The molecule has 3 heteroatoms. The smallest absolute Gasteiger partial charge is 0.320 e. The molecular formula is C15H27NO2. The first kappa shape index (κ1) is 13.9. The number of carbonyl (C=O) groups is 1. The van der Waals surface area contributed by atoms with Crippen LogP contribution in [0.5, 0.6) is 0 Å². The Bertz CT molecular complexity index is 261. The molecule has 0 spiro atoms. The summed E-state index contributed by atoms with van der Waals surface area (Å²) < 4.78 is 0. The maximum absolute atomic E-state index is 11.2. The third-order valence-electron chi connectivity index (χ3n) is 4.68. The van der Waals surface area contributed by atoms with E-state index in [9.17, 15) is 9.90 Å². The van der Waals surface area contributed by atoms with E-state index in [0.717, 1.165) is 31.8 Å². The van der Waals surface area contributed by atoms with E-state index in [-0.39, 0.29) is 6.04 Å². The second-order valence-corrected chi connectivity index (χ2v) is 6.03. The lowest BCUT2D eigenvalue weighted by atomic mass is 9.86. The molecule has 0 amide bonds. The molecule has 1 aliphatic heterocycles. The minimum Gasteiger partial charge on any atom is -0.480 e. The van der Waals surface area contributed by atoms with Crippen molar-refractivity contribution in [2.75, 3.05) is 13.1 Å². The van der Waals surface area contributed by atoms with Gasteiger partial charge in [0.05, 0.1) is 0 Å². The molecule has 0 aromatic heterocycles. The summed E-state index contributed by atoms with van der Waals surface area (Å²) in [6.07, 6.45) is 12.6. The molecule has 1 saturated heterocycles. The SMILES string of the molecule is O=C(O)C1CCCCN1CCCC1CCCCC1. The molecule has 2 fully saturated rings. The van der Waals surface area contributed by atoms with Crippen molar-refractivity contribution in [1.82, 2.24) is 4.90 Å². The first-order chi connectivity index (χ1) is 8.77. The van der Waals surface area contributed by atoms with Crippen LogP contribution < -0.4 is 0 Å². The van der Waals surface area contributed by atoms with Gasteiger partial charge in [-0.25, -0.2) is 0 Å². The molecule has 2 aliphatic rings. The first-order valence-electron chi connectivity index (χ1n) is 7.74. The van der Waals surface area contributed by atoms with E-state index in [1.54, 1.807) is 0 Å². The summed E-state index contributed by atoms with van der Waals surface area (Å²) in [4.78, 5) is 13.4. The van der Waals surface area contributed by atoms with Crippen molar-refractivity contribution in [3.63, 3.8) is 0 Å². The largest absolute Gasteiger partial charge is 0.480 e. The van der Waals surface area contributed by atoms with Crippen molar-refractivity contribution in [2.24, 2.45) is 5.92 Å². The van der Waals surface area contributed by atoms with Crippen LogP contribution in [0.2, 0.25) is 0 Å². The molecule has 3 nitrogen and oxygen atoms in total. The zero-order valence-corrected chi connectivity index (χ0v) is 11.4. The fourth-order valence-electron chi connectivity index (χ4n) is 3.60. The third-order valence-corrected chi connectivity index (χ3v) is 4.68. The molecule has 1 unspecified atom stereocenters. The number of nitrogens with zero attached hydrogens (tertiary/aromatic N) is 1. The van der Waals surface area contributed by atoms with Crippen molar-refractivity contribution in [2.45, 2.75) is 70.3 Å². The first-order valence-corrected chi connectivity index (χ1v) is 7.74. The summed E-state index contributed by atoms with van der Waals surface area (Å²) in [5.41, 5.74) is 0. The molecular weight excluding hydrogens is 226 g/mol. The Morgan fingerprint density at radius 1 is 1.06 bits per heavy atom. The molecule has 1 heterocycles.